The van der Waals surface area contributed by atoms with Crippen LogP contribution in [0, 0.1) is 13.8 Å². The van der Waals surface area contributed by atoms with Gasteiger partial charge in [0, 0.05) is 35.9 Å². The number of carboxylic acid groups (broad SMARTS) is 1. The number of nitrogens with zero attached hydrogens (tertiary/aromatic N) is 4. The average molecular weight is 258 g/mol. The summed E-state index contributed by atoms with van der Waals surface area (Å²) in [6.07, 6.45) is 5.04. The van der Waals surface area contributed by atoms with E-state index in [2.05, 4.69) is 15.1 Å². The molecule has 0 aliphatic heterocycles. The van der Waals surface area contributed by atoms with E-state index in [1.807, 2.05) is 19.9 Å². The van der Waals surface area contributed by atoms with Gasteiger partial charge in [0.25, 0.3) is 0 Å². The molecule has 0 fully saturated rings. The molecule has 6 nitrogen and oxygen atoms in total. The lowest BCUT2D eigenvalue weighted by atomic mass is 10.2. The van der Waals surface area contributed by atoms with Crippen LogP contribution in [0.4, 0.5) is 0 Å². The van der Waals surface area contributed by atoms with E-state index >= 15 is 0 Å². The maximum absolute atomic E-state index is 10.4. The summed E-state index contributed by atoms with van der Waals surface area (Å²) < 4.78 is 1.54. The van der Waals surface area contributed by atoms with Crippen LogP contribution in [0.5, 0.6) is 0 Å². The van der Waals surface area contributed by atoms with Gasteiger partial charge in [0.1, 0.15) is 6.20 Å². The first kappa shape index (κ1) is 13.1. The molecule has 0 bridgehead atoms. The SMILES string of the molecule is Cc1cnc(-c2cc[n+](CCC(=O)[O-])nc2)nc1C. The number of aryl methyl sites for hydroxylation is 3. The van der Waals surface area contributed by atoms with Crippen LogP contribution in [-0.2, 0) is 11.3 Å². The van der Waals surface area contributed by atoms with E-state index in [9.17, 15) is 9.90 Å². The Morgan fingerprint density at radius 3 is 2.74 bits per heavy atom. The van der Waals surface area contributed by atoms with Crippen molar-refractivity contribution in [2.75, 3.05) is 0 Å². The maximum atomic E-state index is 10.4. The zero-order valence-electron chi connectivity index (χ0n) is 10.8. The third-order valence-corrected chi connectivity index (χ3v) is 2.80. The monoisotopic (exact) mass is 258 g/mol. The molecule has 98 valence electrons. The van der Waals surface area contributed by atoms with Gasteiger partial charge in [-0.2, -0.15) is 0 Å². The smallest absolute Gasteiger partial charge is 0.197 e. The Morgan fingerprint density at radius 2 is 2.16 bits per heavy atom. The van der Waals surface area contributed by atoms with Crippen molar-refractivity contribution in [2.45, 2.75) is 26.8 Å². The maximum Gasteiger partial charge on any atom is 0.197 e. The Kier molecular flexibility index (Phi) is 3.79. The van der Waals surface area contributed by atoms with Gasteiger partial charge in [-0.05, 0) is 24.5 Å². The molecule has 2 aromatic rings. The number of carboxylic acids is 1. The number of carbonyl (C=O) groups excluding carboxylic acids is 1. The average Bonchev–Trinajstić information content (AvgIpc) is 2.40. The normalized spacial score (nSPS) is 10.4. The van der Waals surface area contributed by atoms with Gasteiger partial charge in [0.2, 0.25) is 0 Å². The summed E-state index contributed by atoms with van der Waals surface area (Å²) in [5.41, 5.74) is 2.77. The van der Waals surface area contributed by atoms with Crippen LogP contribution in [-0.4, -0.2) is 21.0 Å². The van der Waals surface area contributed by atoms with Crippen LogP contribution in [0.2, 0.25) is 0 Å². The molecule has 0 saturated heterocycles. The summed E-state index contributed by atoms with van der Waals surface area (Å²) in [5, 5.41) is 14.5. The van der Waals surface area contributed by atoms with E-state index < -0.39 is 5.97 Å². The lowest BCUT2D eigenvalue weighted by Gasteiger charge is -2.02. The van der Waals surface area contributed by atoms with Crippen molar-refractivity contribution < 1.29 is 14.6 Å². The molecule has 19 heavy (non-hydrogen) atoms. The molecule has 0 aliphatic rings. The summed E-state index contributed by atoms with van der Waals surface area (Å²) in [4.78, 5) is 19.0. The first-order valence-electron chi connectivity index (χ1n) is 5.92. The Hall–Kier alpha value is -2.37. The molecular weight excluding hydrogens is 244 g/mol. The first-order chi connectivity index (χ1) is 9.06. The van der Waals surface area contributed by atoms with Crippen molar-refractivity contribution >= 4 is 5.97 Å². The van der Waals surface area contributed by atoms with Crippen molar-refractivity contribution in [1.29, 1.82) is 0 Å². The summed E-state index contributed by atoms with van der Waals surface area (Å²) in [7, 11) is 0. The van der Waals surface area contributed by atoms with Gasteiger partial charge in [-0.15, -0.1) is 0 Å². The van der Waals surface area contributed by atoms with Gasteiger partial charge in [0.15, 0.2) is 18.6 Å². The van der Waals surface area contributed by atoms with Gasteiger partial charge in [-0.3, -0.25) is 0 Å². The number of carbonyl (C=O) groups is 1. The van der Waals surface area contributed by atoms with Crippen LogP contribution < -0.4 is 9.79 Å². The first-order valence-corrected chi connectivity index (χ1v) is 5.92. The lowest BCUT2D eigenvalue weighted by molar-refractivity contribution is -0.753. The Morgan fingerprint density at radius 1 is 1.37 bits per heavy atom. The minimum atomic E-state index is -1.09. The highest BCUT2D eigenvalue weighted by atomic mass is 16.4. The van der Waals surface area contributed by atoms with Crippen LogP contribution in [0.3, 0.4) is 0 Å². The predicted molar refractivity (Wildman–Crippen MR) is 64.6 cm³/mol. The number of rotatable bonds is 4. The molecule has 6 heteroatoms. The predicted octanol–water partition coefficient (Wildman–Crippen LogP) is -0.417. The van der Waals surface area contributed by atoms with Crippen molar-refractivity contribution in [2.24, 2.45) is 0 Å². The second-order valence-corrected chi connectivity index (χ2v) is 4.26. The highest BCUT2D eigenvalue weighted by Crippen LogP contribution is 2.13. The van der Waals surface area contributed by atoms with Gasteiger partial charge < -0.3 is 9.90 Å². The molecule has 0 aromatic carbocycles. The molecule has 0 radical (unpaired) electrons. The molecule has 0 aliphatic carbocycles. The Labute approximate surface area is 110 Å². The zero-order valence-corrected chi connectivity index (χ0v) is 10.8. The third kappa shape index (κ3) is 3.31. The summed E-state index contributed by atoms with van der Waals surface area (Å²) >= 11 is 0. The Bertz CT molecular complexity index is 596. The van der Waals surface area contributed by atoms with Crippen molar-refractivity contribution in [3.8, 4) is 11.4 Å². The topological polar surface area (TPSA) is 82.7 Å². The van der Waals surface area contributed by atoms with Crippen molar-refractivity contribution in [3.63, 3.8) is 0 Å². The zero-order chi connectivity index (χ0) is 13.8. The summed E-state index contributed by atoms with van der Waals surface area (Å²) in [6.45, 7) is 4.17. The standard InChI is InChI=1S/C13H14N4O2/c1-9-7-14-13(16-10(9)2)11-3-5-17(15-8-11)6-4-12(18)19/h3,5,7-8H,4,6H2,1-2H3. The molecule has 2 aromatic heterocycles. The minimum Gasteiger partial charge on any atom is -0.550 e. The molecule has 0 atom stereocenters. The second-order valence-electron chi connectivity index (χ2n) is 4.26. The van der Waals surface area contributed by atoms with Crippen molar-refractivity contribution in [1.82, 2.24) is 15.1 Å². The minimum absolute atomic E-state index is 0.0584. The van der Waals surface area contributed by atoms with Crippen LogP contribution in [0.15, 0.2) is 24.7 Å². The summed E-state index contributed by atoms with van der Waals surface area (Å²) in [6, 6.07) is 1.81. The van der Waals surface area contributed by atoms with Gasteiger partial charge in [-0.1, -0.05) is 4.68 Å². The van der Waals surface area contributed by atoms with E-state index in [1.54, 1.807) is 23.3 Å². The largest absolute Gasteiger partial charge is 0.550 e. The molecule has 0 unspecified atom stereocenters. The lowest BCUT2D eigenvalue weighted by Crippen LogP contribution is -2.40. The molecule has 0 saturated carbocycles. The number of hydrogen-bond donors (Lipinski definition) is 0. The fourth-order valence-electron chi connectivity index (χ4n) is 1.52. The van der Waals surface area contributed by atoms with Gasteiger partial charge in [0.05, 0.1) is 0 Å². The van der Waals surface area contributed by atoms with Gasteiger partial charge >= 0.3 is 0 Å². The quantitative estimate of drug-likeness (QED) is 0.696. The van der Waals surface area contributed by atoms with Gasteiger partial charge in [-0.25, -0.2) is 9.97 Å². The Balaban J connectivity index is 2.17. The van der Waals surface area contributed by atoms with E-state index in [1.165, 1.54) is 0 Å². The van der Waals surface area contributed by atoms with E-state index in [0.29, 0.717) is 5.82 Å². The second kappa shape index (κ2) is 5.51. The molecule has 2 heterocycles. The van der Waals surface area contributed by atoms with E-state index in [-0.39, 0.29) is 13.0 Å². The van der Waals surface area contributed by atoms with Crippen LogP contribution in [0.1, 0.15) is 17.7 Å². The summed E-state index contributed by atoms with van der Waals surface area (Å²) in [5.74, 6) is -0.474. The number of aliphatic carboxylic acids is 1. The molecular formula is C13H14N4O2. The number of aromatic nitrogens is 4. The highest BCUT2D eigenvalue weighted by Gasteiger charge is 2.07. The molecule has 0 amide bonds. The fraction of sp³-hybridized carbons (Fsp3) is 0.308. The van der Waals surface area contributed by atoms with Crippen LogP contribution in [0.25, 0.3) is 11.4 Å². The third-order valence-electron chi connectivity index (χ3n) is 2.80. The number of hydrogen-bond acceptors (Lipinski definition) is 5. The molecule has 0 N–H and O–H groups in total. The van der Waals surface area contributed by atoms with Crippen molar-refractivity contribution in [3.05, 3.63) is 35.9 Å². The molecule has 2 rings (SSSR count). The van der Waals surface area contributed by atoms with E-state index in [4.69, 9.17) is 0 Å². The fourth-order valence-corrected chi connectivity index (χ4v) is 1.52. The molecule has 0 spiro atoms. The van der Waals surface area contributed by atoms with Crippen LogP contribution >= 0.6 is 0 Å². The highest BCUT2D eigenvalue weighted by molar-refractivity contribution is 5.63. The van der Waals surface area contributed by atoms with E-state index in [0.717, 1.165) is 16.8 Å².